The lowest BCUT2D eigenvalue weighted by Gasteiger charge is -2.38. The average Bonchev–Trinajstić information content (AvgIpc) is 2.34. The number of hydrogen-bond acceptors (Lipinski definition) is 4. The number of hydrogen-bond donors (Lipinski definition) is 2. The highest BCUT2D eigenvalue weighted by molar-refractivity contribution is 5.74. The van der Waals surface area contributed by atoms with Crippen LogP contribution in [-0.2, 0) is 4.79 Å². The van der Waals surface area contributed by atoms with E-state index in [-0.39, 0.29) is 19.1 Å². The highest BCUT2D eigenvalue weighted by Crippen LogP contribution is 2.10. The summed E-state index contributed by atoms with van der Waals surface area (Å²) in [6, 6.07) is -0.0930. The van der Waals surface area contributed by atoms with Crippen molar-refractivity contribution >= 4 is 12.0 Å². The van der Waals surface area contributed by atoms with Crippen molar-refractivity contribution < 1.29 is 19.8 Å². The number of amides is 2. The number of carbonyl (C=O) groups excluding carboxylic acids is 1. The quantitative estimate of drug-likeness (QED) is 0.738. The van der Waals surface area contributed by atoms with Crippen molar-refractivity contribution in [2.75, 3.05) is 45.8 Å². The number of carbonyl (C=O) groups is 2. The van der Waals surface area contributed by atoms with Gasteiger partial charge in [-0.3, -0.25) is 9.69 Å². The van der Waals surface area contributed by atoms with Crippen LogP contribution in [-0.4, -0.2) is 88.3 Å². The molecule has 1 rings (SSSR count). The van der Waals surface area contributed by atoms with Crippen LogP contribution >= 0.6 is 0 Å². The Bertz CT molecular complexity index is 346. The maximum absolute atomic E-state index is 12.3. The summed E-state index contributed by atoms with van der Waals surface area (Å²) in [5.74, 6) is -0.845. The van der Waals surface area contributed by atoms with Crippen LogP contribution in [0.5, 0.6) is 0 Å². The Balaban J connectivity index is 2.50. The van der Waals surface area contributed by atoms with Crippen molar-refractivity contribution in [2.24, 2.45) is 0 Å². The average molecular weight is 287 g/mol. The fraction of sp³-hybridized carbons (Fsp3) is 0.846. The smallest absolute Gasteiger partial charge is 0.320 e. The normalized spacial score (nSPS) is 17.1. The largest absolute Gasteiger partial charge is 0.480 e. The fourth-order valence-electron chi connectivity index (χ4n) is 2.27. The van der Waals surface area contributed by atoms with Crippen molar-refractivity contribution in [1.29, 1.82) is 0 Å². The van der Waals surface area contributed by atoms with E-state index in [1.54, 1.807) is 23.6 Å². The van der Waals surface area contributed by atoms with Crippen LogP contribution in [0.1, 0.15) is 20.8 Å². The molecule has 0 aliphatic carbocycles. The van der Waals surface area contributed by atoms with Gasteiger partial charge in [-0.25, -0.2) is 4.79 Å². The second kappa shape index (κ2) is 6.90. The molecule has 0 unspecified atom stereocenters. The van der Waals surface area contributed by atoms with Gasteiger partial charge in [0.15, 0.2) is 0 Å². The molecule has 7 nitrogen and oxygen atoms in total. The molecule has 1 fully saturated rings. The number of urea groups is 1. The Morgan fingerprint density at radius 1 is 1.20 bits per heavy atom. The molecule has 1 saturated heterocycles. The van der Waals surface area contributed by atoms with E-state index >= 15 is 0 Å². The summed E-state index contributed by atoms with van der Waals surface area (Å²) < 4.78 is 0. The maximum Gasteiger partial charge on any atom is 0.320 e. The fourth-order valence-corrected chi connectivity index (χ4v) is 2.27. The number of nitrogens with zero attached hydrogens (tertiary/aromatic N) is 3. The molecular weight excluding hydrogens is 262 g/mol. The van der Waals surface area contributed by atoms with Crippen molar-refractivity contribution in [1.82, 2.24) is 14.7 Å². The van der Waals surface area contributed by atoms with E-state index in [2.05, 4.69) is 0 Å². The Morgan fingerprint density at radius 3 is 2.15 bits per heavy atom. The molecule has 1 heterocycles. The van der Waals surface area contributed by atoms with Gasteiger partial charge in [0.1, 0.15) is 0 Å². The van der Waals surface area contributed by atoms with E-state index < -0.39 is 11.6 Å². The monoisotopic (exact) mass is 287 g/mol. The zero-order valence-electron chi connectivity index (χ0n) is 12.5. The molecule has 20 heavy (non-hydrogen) atoms. The lowest BCUT2D eigenvalue weighted by atomic mass is 10.1. The van der Waals surface area contributed by atoms with Crippen molar-refractivity contribution in [3.63, 3.8) is 0 Å². The third-order valence-corrected chi connectivity index (χ3v) is 3.23. The number of carboxylic acid groups (broad SMARTS) is 1. The molecular formula is C13H25N3O4. The van der Waals surface area contributed by atoms with Crippen LogP contribution in [0.25, 0.3) is 0 Å². The topological polar surface area (TPSA) is 84.3 Å². The van der Waals surface area contributed by atoms with Gasteiger partial charge >= 0.3 is 12.0 Å². The van der Waals surface area contributed by atoms with Crippen LogP contribution in [0.2, 0.25) is 0 Å². The molecule has 0 aromatic rings. The number of piperazine rings is 1. The van der Waals surface area contributed by atoms with Crippen LogP contribution in [0.4, 0.5) is 4.79 Å². The van der Waals surface area contributed by atoms with E-state index in [1.807, 2.05) is 11.8 Å². The summed E-state index contributed by atoms with van der Waals surface area (Å²) in [6.45, 7) is 8.25. The number of aliphatic carboxylic acids is 1. The minimum Gasteiger partial charge on any atom is -0.480 e. The lowest BCUT2D eigenvalue weighted by molar-refractivity contribution is -0.138. The summed E-state index contributed by atoms with van der Waals surface area (Å²) in [6.07, 6.45) is 0. The number of rotatable bonds is 5. The van der Waals surface area contributed by atoms with Crippen LogP contribution < -0.4 is 0 Å². The zero-order valence-corrected chi connectivity index (χ0v) is 12.5. The second-order valence-corrected chi connectivity index (χ2v) is 5.77. The van der Waals surface area contributed by atoms with E-state index in [1.165, 1.54) is 0 Å². The number of carboxylic acids is 1. The molecule has 0 bridgehead atoms. The first-order chi connectivity index (χ1) is 9.23. The van der Waals surface area contributed by atoms with E-state index in [0.29, 0.717) is 32.7 Å². The van der Waals surface area contributed by atoms with E-state index in [0.717, 1.165) is 0 Å². The summed E-state index contributed by atoms with van der Waals surface area (Å²) in [4.78, 5) is 28.1. The molecule has 0 spiro atoms. The predicted molar refractivity (Wildman–Crippen MR) is 74.6 cm³/mol. The first-order valence-corrected chi connectivity index (χ1v) is 6.93. The number of likely N-dealkylation sites (N-methyl/N-ethyl adjacent to an activating group) is 1. The van der Waals surface area contributed by atoms with Gasteiger partial charge in [-0.1, -0.05) is 0 Å². The molecule has 0 aromatic heterocycles. The summed E-state index contributed by atoms with van der Waals surface area (Å²) in [7, 11) is 0. The molecule has 116 valence electrons. The molecule has 0 atom stereocenters. The third-order valence-electron chi connectivity index (χ3n) is 3.23. The Labute approximate surface area is 119 Å². The van der Waals surface area contributed by atoms with E-state index in [4.69, 9.17) is 5.11 Å². The first-order valence-electron chi connectivity index (χ1n) is 6.93. The van der Waals surface area contributed by atoms with Gasteiger partial charge in [0.2, 0.25) is 0 Å². The lowest BCUT2D eigenvalue weighted by Crippen LogP contribution is -2.55. The number of aliphatic hydroxyl groups is 1. The van der Waals surface area contributed by atoms with Gasteiger partial charge in [-0.2, -0.15) is 0 Å². The molecule has 1 aliphatic heterocycles. The van der Waals surface area contributed by atoms with Crippen LogP contribution in [0.15, 0.2) is 0 Å². The summed E-state index contributed by atoms with van der Waals surface area (Å²) in [5.41, 5.74) is -0.920. The predicted octanol–water partition coefficient (Wildman–Crippen LogP) is -0.0986. The summed E-state index contributed by atoms with van der Waals surface area (Å²) in [5, 5.41) is 18.6. The molecule has 2 N–H and O–H groups in total. The second-order valence-electron chi connectivity index (χ2n) is 5.77. The van der Waals surface area contributed by atoms with Crippen molar-refractivity contribution in [3.8, 4) is 0 Å². The molecule has 0 saturated carbocycles. The molecule has 2 amide bonds. The van der Waals surface area contributed by atoms with Gasteiger partial charge in [-0.05, 0) is 20.8 Å². The molecule has 0 radical (unpaired) electrons. The first kappa shape index (κ1) is 16.7. The highest BCUT2D eigenvalue weighted by atomic mass is 16.4. The van der Waals surface area contributed by atoms with Crippen LogP contribution in [0, 0.1) is 0 Å². The Hall–Kier alpha value is -1.34. The minimum atomic E-state index is -0.920. The van der Waals surface area contributed by atoms with Gasteiger partial charge in [0.05, 0.1) is 18.7 Å². The van der Waals surface area contributed by atoms with E-state index in [9.17, 15) is 14.7 Å². The molecule has 7 heteroatoms. The zero-order chi connectivity index (χ0) is 15.3. The van der Waals surface area contributed by atoms with Crippen molar-refractivity contribution in [2.45, 2.75) is 26.4 Å². The Morgan fingerprint density at radius 2 is 1.75 bits per heavy atom. The summed E-state index contributed by atoms with van der Waals surface area (Å²) >= 11 is 0. The highest BCUT2D eigenvalue weighted by Gasteiger charge is 2.28. The van der Waals surface area contributed by atoms with Crippen molar-refractivity contribution in [3.05, 3.63) is 0 Å². The third kappa shape index (κ3) is 5.34. The van der Waals surface area contributed by atoms with Gasteiger partial charge < -0.3 is 20.0 Å². The maximum atomic E-state index is 12.3. The molecule has 1 aliphatic rings. The Kier molecular flexibility index (Phi) is 5.76. The SMILES string of the molecule is CCN(CC(C)(C)O)C(=O)N1CCN(CC(=O)O)CC1. The van der Waals surface area contributed by atoms with Gasteiger partial charge in [0, 0.05) is 32.7 Å². The standard InChI is InChI=1S/C13H25N3O4/c1-4-15(10-13(2,3)20)12(19)16-7-5-14(6-8-16)9-11(17)18/h20H,4-10H2,1-3H3,(H,17,18). The van der Waals surface area contributed by atoms with Gasteiger partial charge in [0.25, 0.3) is 0 Å². The van der Waals surface area contributed by atoms with Crippen LogP contribution in [0.3, 0.4) is 0 Å². The van der Waals surface area contributed by atoms with Gasteiger partial charge in [-0.15, -0.1) is 0 Å². The molecule has 0 aromatic carbocycles. The minimum absolute atomic E-state index is 0.0171.